The van der Waals surface area contributed by atoms with Gasteiger partial charge in [0, 0.05) is 0 Å². The Morgan fingerprint density at radius 2 is 1.62 bits per heavy atom. The van der Waals surface area contributed by atoms with E-state index in [9.17, 15) is 13.2 Å². The maximum Gasteiger partial charge on any atom is 0.404 e. The summed E-state index contributed by atoms with van der Waals surface area (Å²) in [7, 11) is 0. The second kappa shape index (κ2) is 7.96. The summed E-state index contributed by atoms with van der Waals surface area (Å²) in [4.78, 5) is 4.02. The van der Waals surface area contributed by atoms with Gasteiger partial charge in [0.2, 0.25) is 0 Å². The van der Waals surface area contributed by atoms with E-state index in [0.29, 0.717) is 32.0 Å². The van der Waals surface area contributed by atoms with Crippen molar-refractivity contribution in [3.8, 4) is 0 Å². The van der Waals surface area contributed by atoms with Gasteiger partial charge < -0.3 is 9.64 Å². The second-order valence-corrected chi connectivity index (χ2v) is 9.01. The van der Waals surface area contributed by atoms with Crippen LogP contribution in [0.1, 0.15) is 59.3 Å². The highest BCUT2D eigenvalue weighted by Gasteiger charge is 2.52. The highest BCUT2D eigenvalue weighted by atomic mass is 19.4. The molecule has 3 nitrogen and oxygen atoms in total. The Morgan fingerprint density at radius 3 is 2.08 bits per heavy atom. The van der Waals surface area contributed by atoms with Crippen LogP contribution < -0.4 is 0 Å². The average molecular weight is 377 g/mol. The first-order valence-corrected chi connectivity index (χ1v) is 10.4. The van der Waals surface area contributed by atoms with Crippen molar-refractivity contribution in [1.82, 2.24) is 9.80 Å². The molecule has 0 aromatic rings. The summed E-state index contributed by atoms with van der Waals surface area (Å²) in [5.41, 5.74) is 0.248. The molecule has 2 heterocycles. The monoisotopic (exact) mass is 376 g/mol. The number of likely N-dealkylation sites (tertiary alicyclic amines) is 2. The fourth-order valence-corrected chi connectivity index (χ4v) is 5.43. The van der Waals surface area contributed by atoms with Crippen molar-refractivity contribution in [1.29, 1.82) is 0 Å². The lowest BCUT2D eigenvalue weighted by Gasteiger charge is -2.54. The zero-order valence-corrected chi connectivity index (χ0v) is 16.5. The second-order valence-electron chi connectivity index (χ2n) is 9.01. The topological polar surface area (TPSA) is 15.7 Å². The molecule has 152 valence electrons. The number of piperidine rings is 2. The van der Waals surface area contributed by atoms with Gasteiger partial charge in [-0.25, -0.2) is 0 Å². The molecule has 1 atom stereocenters. The lowest BCUT2D eigenvalue weighted by Crippen LogP contribution is -2.58. The van der Waals surface area contributed by atoms with E-state index in [0.717, 1.165) is 45.3 Å². The van der Waals surface area contributed by atoms with Gasteiger partial charge in [0.15, 0.2) is 0 Å². The third kappa shape index (κ3) is 4.56. The summed E-state index contributed by atoms with van der Waals surface area (Å²) in [6.07, 6.45) is 1.63. The van der Waals surface area contributed by atoms with E-state index in [-0.39, 0.29) is 17.4 Å². The van der Waals surface area contributed by atoms with Crippen molar-refractivity contribution in [3.05, 3.63) is 0 Å². The lowest BCUT2D eigenvalue weighted by molar-refractivity contribution is -0.212. The van der Waals surface area contributed by atoms with E-state index >= 15 is 0 Å². The first kappa shape index (κ1) is 20.4. The van der Waals surface area contributed by atoms with Crippen molar-refractivity contribution in [3.63, 3.8) is 0 Å². The Balaban J connectivity index is 1.55. The Labute approximate surface area is 156 Å². The number of hydrogen-bond acceptors (Lipinski definition) is 3. The molecule has 0 radical (unpaired) electrons. The Kier molecular flexibility index (Phi) is 6.25. The predicted octanol–water partition coefficient (Wildman–Crippen LogP) is 4.32. The van der Waals surface area contributed by atoms with E-state index < -0.39 is 12.2 Å². The first-order valence-electron chi connectivity index (χ1n) is 10.4. The number of nitrogens with zero attached hydrogens (tertiary/aromatic N) is 2. The summed E-state index contributed by atoms with van der Waals surface area (Å²) in [6.45, 7) is 9.91. The van der Waals surface area contributed by atoms with Crippen molar-refractivity contribution < 1.29 is 17.9 Å². The highest BCUT2D eigenvalue weighted by molar-refractivity contribution is 5.00. The summed E-state index contributed by atoms with van der Waals surface area (Å²) in [5.74, 6) is -0.245. The van der Waals surface area contributed by atoms with Crippen LogP contribution in [-0.4, -0.2) is 66.9 Å². The molecule has 1 aliphatic carbocycles. The van der Waals surface area contributed by atoms with Crippen molar-refractivity contribution in [2.45, 2.75) is 83.7 Å². The minimum absolute atomic E-state index is 0.237. The number of rotatable bonds is 5. The van der Waals surface area contributed by atoms with E-state index in [1.54, 1.807) is 4.90 Å². The molecule has 3 fully saturated rings. The molecule has 3 rings (SSSR count). The smallest absolute Gasteiger partial charge is 0.376 e. The van der Waals surface area contributed by atoms with Gasteiger partial charge in [-0.1, -0.05) is 6.92 Å². The van der Waals surface area contributed by atoms with Crippen molar-refractivity contribution in [2.24, 2.45) is 11.3 Å². The molecule has 3 aliphatic rings. The van der Waals surface area contributed by atoms with Gasteiger partial charge in [-0.2, -0.15) is 13.2 Å². The summed E-state index contributed by atoms with van der Waals surface area (Å²) < 4.78 is 47.5. The molecule has 2 saturated heterocycles. The fourth-order valence-electron chi connectivity index (χ4n) is 5.43. The first-order chi connectivity index (χ1) is 12.2. The molecule has 6 heteroatoms. The molecule has 1 saturated carbocycles. The van der Waals surface area contributed by atoms with Crippen LogP contribution in [0.25, 0.3) is 0 Å². The largest absolute Gasteiger partial charge is 0.404 e. The van der Waals surface area contributed by atoms with Gasteiger partial charge in [-0.3, -0.25) is 4.90 Å². The zero-order valence-electron chi connectivity index (χ0n) is 16.5. The van der Waals surface area contributed by atoms with Gasteiger partial charge in [-0.05, 0) is 96.4 Å². The minimum atomic E-state index is -4.12. The SMILES string of the molecule is CCN1CCC(C(N2CCC3(CC2)CC(OC(C)C)C3)C(F)(F)F)CC1. The van der Waals surface area contributed by atoms with Crippen LogP contribution in [0.3, 0.4) is 0 Å². The van der Waals surface area contributed by atoms with E-state index in [1.807, 2.05) is 13.8 Å². The molecule has 0 bridgehead atoms. The average Bonchev–Trinajstić information content (AvgIpc) is 2.54. The van der Waals surface area contributed by atoms with Crippen LogP contribution in [-0.2, 0) is 4.74 Å². The van der Waals surface area contributed by atoms with E-state index in [2.05, 4.69) is 11.8 Å². The lowest BCUT2D eigenvalue weighted by atomic mass is 9.61. The van der Waals surface area contributed by atoms with Gasteiger partial charge in [0.1, 0.15) is 6.04 Å². The molecular weight excluding hydrogens is 341 g/mol. The predicted molar refractivity (Wildman–Crippen MR) is 97.2 cm³/mol. The molecule has 0 N–H and O–H groups in total. The Morgan fingerprint density at radius 1 is 1.04 bits per heavy atom. The minimum Gasteiger partial charge on any atom is -0.376 e. The van der Waals surface area contributed by atoms with Crippen LogP contribution in [0.15, 0.2) is 0 Å². The quantitative estimate of drug-likeness (QED) is 0.711. The third-order valence-electron chi connectivity index (χ3n) is 6.90. The normalized spacial score (nSPS) is 27.8. The summed E-state index contributed by atoms with van der Waals surface area (Å²) in [5, 5.41) is 0. The van der Waals surface area contributed by atoms with Gasteiger partial charge in [-0.15, -0.1) is 0 Å². The molecule has 0 aromatic carbocycles. The van der Waals surface area contributed by atoms with Crippen LogP contribution >= 0.6 is 0 Å². The van der Waals surface area contributed by atoms with Gasteiger partial charge in [0.25, 0.3) is 0 Å². The maximum atomic E-state index is 13.9. The fraction of sp³-hybridized carbons (Fsp3) is 1.00. The summed E-state index contributed by atoms with van der Waals surface area (Å²) in [6, 6.07) is -1.25. The van der Waals surface area contributed by atoms with E-state index in [1.165, 1.54) is 0 Å². The number of ether oxygens (including phenoxy) is 1. The van der Waals surface area contributed by atoms with Crippen molar-refractivity contribution >= 4 is 0 Å². The van der Waals surface area contributed by atoms with Crippen LogP contribution in [0.5, 0.6) is 0 Å². The maximum absolute atomic E-state index is 13.9. The Hall–Kier alpha value is -0.330. The molecule has 0 aromatic heterocycles. The molecule has 0 amide bonds. The third-order valence-corrected chi connectivity index (χ3v) is 6.90. The molecule has 1 unspecified atom stereocenters. The number of alkyl halides is 3. The Bertz CT molecular complexity index is 444. The van der Waals surface area contributed by atoms with Gasteiger partial charge in [0.05, 0.1) is 12.2 Å². The van der Waals surface area contributed by atoms with Crippen LogP contribution in [0.2, 0.25) is 0 Å². The number of hydrogen-bond donors (Lipinski definition) is 0. The molecule has 1 spiro atoms. The standard InChI is InChI=1S/C20H35F3N2O/c1-4-24-9-5-16(6-10-24)18(20(21,22)23)25-11-7-19(8-12-25)13-17(14-19)26-15(2)3/h15-18H,4-14H2,1-3H3. The number of halogens is 3. The van der Waals surface area contributed by atoms with Crippen LogP contribution in [0.4, 0.5) is 13.2 Å². The van der Waals surface area contributed by atoms with Gasteiger partial charge >= 0.3 is 6.18 Å². The molecular formula is C20H35F3N2O. The van der Waals surface area contributed by atoms with Crippen molar-refractivity contribution in [2.75, 3.05) is 32.7 Å². The molecule has 2 aliphatic heterocycles. The highest BCUT2D eigenvalue weighted by Crippen LogP contribution is 2.51. The zero-order chi connectivity index (χ0) is 18.9. The van der Waals surface area contributed by atoms with E-state index in [4.69, 9.17) is 4.74 Å². The molecule has 26 heavy (non-hydrogen) atoms. The summed E-state index contributed by atoms with van der Waals surface area (Å²) >= 11 is 0. The van der Waals surface area contributed by atoms with Crippen LogP contribution in [0, 0.1) is 11.3 Å².